The Hall–Kier alpha value is -3.74. The zero-order valence-corrected chi connectivity index (χ0v) is 18.9. The van der Waals surface area contributed by atoms with Crippen LogP contribution in [0.2, 0.25) is 0 Å². The summed E-state index contributed by atoms with van der Waals surface area (Å²) in [6.45, 7) is 5.24. The molecule has 4 rings (SSSR count). The van der Waals surface area contributed by atoms with Gasteiger partial charge in [0.25, 0.3) is 5.91 Å². The first-order valence-corrected chi connectivity index (χ1v) is 11.4. The fourth-order valence-electron chi connectivity index (χ4n) is 4.01. The van der Waals surface area contributed by atoms with Crippen LogP contribution in [0.5, 0.6) is 0 Å². The van der Waals surface area contributed by atoms with Crippen molar-refractivity contribution in [1.29, 1.82) is 0 Å². The summed E-state index contributed by atoms with van der Waals surface area (Å²) in [5.74, 6) is 0.684. The maximum atomic E-state index is 13.0. The third kappa shape index (κ3) is 5.55. The molecule has 2 aromatic carbocycles. The van der Waals surface area contributed by atoms with E-state index in [1.54, 1.807) is 17.0 Å². The number of hydrogen-bond donors (Lipinski definition) is 0. The summed E-state index contributed by atoms with van der Waals surface area (Å²) in [5.41, 5.74) is 2.48. The molecular weight excluding hydrogens is 414 g/mol. The minimum Gasteiger partial charge on any atom is -0.353 e. The van der Waals surface area contributed by atoms with Gasteiger partial charge in [-0.2, -0.15) is 0 Å². The lowest BCUT2D eigenvalue weighted by molar-refractivity contribution is -0.131. The summed E-state index contributed by atoms with van der Waals surface area (Å²) in [5, 5.41) is 8.82. The Morgan fingerprint density at radius 3 is 2.24 bits per heavy atom. The highest BCUT2D eigenvalue weighted by molar-refractivity contribution is 5.96. The number of nitrogens with zero attached hydrogens (tertiary/aromatic N) is 5. The zero-order chi connectivity index (χ0) is 23.0. The van der Waals surface area contributed by atoms with Crippen LogP contribution in [0.15, 0.2) is 72.8 Å². The summed E-state index contributed by atoms with van der Waals surface area (Å²) in [4.78, 5) is 31.4. The highest BCUT2D eigenvalue weighted by atomic mass is 16.2. The fourth-order valence-corrected chi connectivity index (χ4v) is 4.01. The molecule has 1 aliphatic heterocycles. The van der Waals surface area contributed by atoms with E-state index in [0.29, 0.717) is 31.7 Å². The molecule has 2 amide bonds. The van der Waals surface area contributed by atoms with Crippen molar-refractivity contribution in [1.82, 2.24) is 20.0 Å². The van der Waals surface area contributed by atoms with Crippen molar-refractivity contribution in [2.24, 2.45) is 0 Å². The van der Waals surface area contributed by atoms with Crippen molar-refractivity contribution in [3.8, 4) is 11.3 Å². The minimum atomic E-state index is -0.114. The van der Waals surface area contributed by atoms with E-state index in [9.17, 15) is 9.59 Å². The summed E-state index contributed by atoms with van der Waals surface area (Å²) < 4.78 is 0. The topological polar surface area (TPSA) is 69.6 Å². The lowest BCUT2D eigenvalue weighted by Gasteiger charge is -2.26. The second kappa shape index (κ2) is 10.7. The SMILES string of the molecule is CCN(CC(=O)N1CCCN(c2ccc(-c3ccccc3)nn2)CC1)C(=O)c1ccccc1. The van der Waals surface area contributed by atoms with Gasteiger partial charge in [-0.05, 0) is 37.6 Å². The van der Waals surface area contributed by atoms with Crippen molar-refractivity contribution >= 4 is 17.6 Å². The van der Waals surface area contributed by atoms with Gasteiger partial charge in [0.15, 0.2) is 5.82 Å². The highest BCUT2D eigenvalue weighted by Gasteiger charge is 2.24. The number of benzene rings is 2. The molecule has 0 radical (unpaired) electrons. The first-order valence-electron chi connectivity index (χ1n) is 11.4. The van der Waals surface area contributed by atoms with Crippen LogP contribution < -0.4 is 4.90 Å². The number of carbonyl (C=O) groups excluding carboxylic acids is 2. The van der Waals surface area contributed by atoms with E-state index in [1.165, 1.54) is 0 Å². The third-order valence-electron chi connectivity index (χ3n) is 5.91. The van der Waals surface area contributed by atoms with Crippen molar-refractivity contribution in [2.45, 2.75) is 13.3 Å². The van der Waals surface area contributed by atoms with Crippen LogP contribution in [0.3, 0.4) is 0 Å². The van der Waals surface area contributed by atoms with E-state index in [2.05, 4.69) is 15.1 Å². The second-order valence-corrected chi connectivity index (χ2v) is 8.05. The Morgan fingerprint density at radius 2 is 1.58 bits per heavy atom. The van der Waals surface area contributed by atoms with Gasteiger partial charge >= 0.3 is 0 Å². The smallest absolute Gasteiger partial charge is 0.254 e. The van der Waals surface area contributed by atoms with E-state index in [0.717, 1.165) is 30.0 Å². The maximum absolute atomic E-state index is 13.0. The monoisotopic (exact) mass is 443 g/mol. The normalized spacial score (nSPS) is 14.0. The van der Waals surface area contributed by atoms with E-state index in [4.69, 9.17) is 0 Å². The van der Waals surface area contributed by atoms with Crippen molar-refractivity contribution in [2.75, 3.05) is 44.2 Å². The molecule has 0 saturated carbocycles. The Labute approximate surface area is 194 Å². The van der Waals surface area contributed by atoms with Gasteiger partial charge in [0, 0.05) is 43.9 Å². The second-order valence-electron chi connectivity index (χ2n) is 8.05. The molecule has 0 aliphatic carbocycles. The molecule has 1 fully saturated rings. The molecule has 3 aromatic rings. The van der Waals surface area contributed by atoms with E-state index >= 15 is 0 Å². The summed E-state index contributed by atoms with van der Waals surface area (Å²) in [6, 6.07) is 23.1. The van der Waals surface area contributed by atoms with Gasteiger partial charge in [-0.15, -0.1) is 10.2 Å². The Balaban J connectivity index is 1.35. The predicted molar refractivity (Wildman–Crippen MR) is 129 cm³/mol. The van der Waals surface area contributed by atoms with Crippen LogP contribution >= 0.6 is 0 Å². The standard InChI is InChI=1S/C26H29N5O2/c1-2-29(26(33)22-12-7-4-8-13-22)20-25(32)31-17-9-16-30(18-19-31)24-15-14-23(27-28-24)21-10-5-3-6-11-21/h3-8,10-15H,2,9,16-20H2,1H3. The summed E-state index contributed by atoms with van der Waals surface area (Å²) >= 11 is 0. The molecule has 1 aliphatic rings. The molecule has 1 saturated heterocycles. The number of rotatable bonds is 6. The zero-order valence-electron chi connectivity index (χ0n) is 18.9. The molecule has 0 N–H and O–H groups in total. The molecule has 7 nitrogen and oxygen atoms in total. The lowest BCUT2D eigenvalue weighted by Crippen LogP contribution is -2.44. The number of hydrogen-bond acceptors (Lipinski definition) is 5. The maximum Gasteiger partial charge on any atom is 0.254 e. The average Bonchev–Trinajstić information content (AvgIpc) is 3.14. The Morgan fingerprint density at radius 1 is 0.848 bits per heavy atom. The van der Waals surface area contributed by atoms with Crippen LogP contribution in [-0.2, 0) is 4.79 Å². The molecule has 170 valence electrons. The van der Waals surface area contributed by atoms with E-state index in [1.807, 2.05) is 72.5 Å². The summed E-state index contributed by atoms with van der Waals surface area (Å²) in [7, 11) is 0. The molecule has 1 aromatic heterocycles. The van der Waals surface area contributed by atoms with Crippen LogP contribution in [0.4, 0.5) is 5.82 Å². The Kier molecular flexibility index (Phi) is 7.29. The minimum absolute atomic E-state index is 0.0199. The van der Waals surface area contributed by atoms with Crippen molar-refractivity contribution < 1.29 is 9.59 Å². The quantitative estimate of drug-likeness (QED) is 0.584. The van der Waals surface area contributed by atoms with Gasteiger partial charge < -0.3 is 14.7 Å². The first-order chi connectivity index (χ1) is 16.2. The van der Waals surface area contributed by atoms with E-state index in [-0.39, 0.29) is 18.4 Å². The number of anilines is 1. The fraction of sp³-hybridized carbons (Fsp3) is 0.308. The molecule has 33 heavy (non-hydrogen) atoms. The third-order valence-corrected chi connectivity index (χ3v) is 5.91. The van der Waals surface area contributed by atoms with Crippen LogP contribution in [-0.4, -0.2) is 71.1 Å². The molecule has 0 spiro atoms. The highest BCUT2D eigenvalue weighted by Crippen LogP contribution is 2.19. The van der Waals surface area contributed by atoms with Gasteiger partial charge in [0.2, 0.25) is 5.91 Å². The lowest BCUT2D eigenvalue weighted by atomic mass is 10.1. The molecule has 0 unspecified atom stereocenters. The van der Waals surface area contributed by atoms with Gasteiger partial charge in [0.1, 0.15) is 6.54 Å². The van der Waals surface area contributed by atoms with Gasteiger partial charge in [-0.1, -0.05) is 48.5 Å². The largest absolute Gasteiger partial charge is 0.353 e. The van der Waals surface area contributed by atoms with E-state index < -0.39 is 0 Å². The molecule has 7 heteroatoms. The Bertz CT molecular complexity index is 1060. The van der Waals surface area contributed by atoms with Crippen LogP contribution in [0.25, 0.3) is 11.3 Å². The average molecular weight is 444 g/mol. The van der Waals surface area contributed by atoms with Gasteiger partial charge in [-0.3, -0.25) is 9.59 Å². The molecule has 2 heterocycles. The van der Waals surface area contributed by atoms with Crippen molar-refractivity contribution in [3.05, 3.63) is 78.4 Å². The molecular formula is C26H29N5O2. The van der Waals surface area contributed by atoms with Gasteiger partial charge in [0.05, 0.1) is 5.69 Å². The summed E-state index contributed by atoms with van der Waals surface area (Å²) in [6.07, 6.45) is 0.840. The molecule has 0 atom stereocenters. The predicted octanol–water partition coefficient (Wildman–Crippen LogP) is 3.34. The van der Waals surface area contributed by atoms with Crippen LogP contribution in [0, 0.1) is 0 Å². The number of carbonyl (C=O) groups is 2. The first kappa shape index (κ1) is 22.5. The molecule has 0 bridgehead atoms. The number of aromatic nitrogens is 2. The van der Waals surface area contributed by atoms with Crippen LogP contribution in [0.1, 0.15) is 23.7 Å². The van der Waals surface area contributed by atoms with Crippen molar-refractivity contribution in [3.63, 3.8) is 0 Å². The number of amides is 2. The van der Waals surface area contributed by atoms with Gasteiger partial charge in [-0.25, -0.2) is 0 Å². The number of likely N-dealkylation sites (N-methyl/N-ethyl adjacent to an activating group) is 1.